The lowest BCUT2D eigenvalue weighted by Gasteiger charge is -2.22. The van der Waals surface area contributed by atoms with Gasteiger partial charge in [0.1, 0.15) is 0 Å². The zero-order valence-electron chi connectivity index (χ0n) is 13.5. The van der Waals surface area contributed by atoms with Gasteiger partial charge >= 0.3 is 5.97 Å². The van der Waals surface area contributed by atoms with Gasteiger partial charge < -0.3 is 5.11 Å². The number of para-hydroxylation sites is 1. The Morgan fingerprint density at radius 3 is 2.25 bits per heavy atom. The van der Waals surface area contributed by atoms with Crippen molar-refractivity contribution < 1.29 is 19.7 Å². The molecule has 0 aliphatic heterocycles. The Labute approximate surface area is 140 Å². The molecule has 1 N–H and O–H groups in total. The molecule has 5 nitrogen and oxygen atoms in total. The number of carboxylic acid groups (broad SMARTS) is 1. The topological polar surface area (TPSA) is 68.7 Å². The molecule has 0 fully saturated rings. The van der Waals surface area contributed by atoms with Gasteiger partial charge in [0, 0.05) is 11.6 Å². The SMILES string of the molecule is COOC(C)(C(=O)O)c1ccccc1.c1ccc2ncccc2c1. The number of pyridine rings is 1. The van der Waals surface area contributed by atoms with Crippen LogP contribution in [0.25, 0.3) is 10.9 Å². The molecule has 2 aromatic carbocycles. The second kappa shape index (κ2) is 8.19. The Morgan fingerprint density at radius 1 is 1.00 bits per heavy atom. The molecule has 1 aromatic heterocycles. The summed E-state index contributed by atoms with van der Waals surface area (Å²) in [4.78, 5) is 24.4. The molecule has 0 aliphatic rings. The quantitative estimate of drug-likeness (QED) is 0.584. The fourth-order valence-corrected chi connectivity index (χ4v) is 2.15. The van der Waals surface area contributed by atoms with Crippen LogP contribution in [0.4, 0.5) is 0 Å². The van der Waals surface area contributed by atoms with Crippen molar-refractivity contribution in [3.05, 3.63) is 78.5 Å². The Kier molecular flexibility index (Phi) is 6.01. The van der Waals surface area contributed by atoms with Crippen molar-refractivity contribution in [1.29, 1.82) is 0 Å². The predicted molar refractivity (Wildman–Crippen MR) is 91.3 cm³/mol. The second-order valence-electron chi connectivity index (χ2n) is 5.15. The van der Waals surface area contributed by atoms with E-state index in [1.165, 1.54) is 19.4 Å². The molecular formula is C19H19NO4. The molecule has 3 rings (SSSR count). The van der Waals surface area contributed by atoms with Crippen LogP contribution in [-0.2, 0) is 20.2 Å². The normalized spacial score (nSPS) is 12.8. The molecular weight excluding hydrogens is 306 g/mol. The first-order chi connectivity index (χ1) is 11.6. The molecule has 1 unspecified atom stereocenters. The van der Waals surface area contributed by atoms with E-state index in [-0.39, 0.29) is 0 Å². The van der Waals surface area contributed by atoms with Gasteiger partial charge in [-0.15, -0.1) is 0 Å². The van der Waals surface area contributed by atoms with Crippen molar-refractivity contribution >= 4 is 16.9 Å². The van der Waals surface area contributed by atoms with Gasteiger partial charge in [-0.25, -0.2) is 14.6 Å². The van der Waals surface area contributed by atoms with Crippen molar-refractivity contribution in [2.45, 2.75) is 12.5 Å². The lowest BCUT2D eigenvalue weighted by Crippen LogP contribution is -2.35. The van der Waals surface area contributed by atoms with Crippen LogP contribution in [0.1, 0.15) is 12.5 Å². The lowest BCUT2D eigenvalue weighted by atomic mass is 9.96. The van der Waals surface area contributed by atoms with Crippen molar-refractivity contribution in [2.24, 2.45) is 0 Å². The van der Waals surface area contributed by atoms with E-state index < -0.39 is 11.6 Å². The summed E-state index contributed by atoms with van der Waals surface area (Å²) in [5, 5.41) is 10.2. The fraction of sp³-hybridized carbons (Fsp3) is 0.158. The molecule has 0 saturated heterocycles. The van der Waals surface area contributed by atoms with E-state index >= 15 is 0 Å². The van der Waals surface area contributed by atoms with E-state index in [0.717, 1.165) is 5.52 Å². The fourth-order valence-electron chi connectivity index (χ4n) is 2.15. The number of benzene rings is 2. The molecule has 0 spiro atoms. The van der Waals surface area contributed by atoms with Crippen LogP contribution >= 0.6 is 0 Å². The van der Waals surface area contributed by atoms with Crippen LogP contribution in [0.15, 0.2) is 72.9 Å². The summed E-state index contributed by atoms with van der Waals surface area (Å²) < 4.78 is 0. The molecule has 3 aromatic rings. The minimum atomic E-state index is -1.46. The monoisotopic (exact) mass is 325 g/mol. The van der Waals surface area contributed by atoms with E-state index in [1.54, 1.807) is 30.3 Å². The minimum Gasteiger partial charge on any atom is -0.479 e. The maximum atomic E-state index is 11.0. The highest BCUT2D eigenvalue weighted by Gasteiger charge is 2.37. The molecule has 1 atom stereocenters. The molecule has 0 radical (unpaired) electrons. The highest BCUT2D eigenvalue weighted by atomic mass is 17.2. The summed E-state index contributed by atoms with van der Waals surface area (Å²) in [7, 11) is 1.28. The zero-order chi connectivity index (χ0) is 17.4. The van der Waals surface area contributed by atoms with E-state index in [9.17, 15) is 4.79 Å². The predicted octanol–water partition coefficient (Wildman–Crippen LogP) is 3.80. The third kappa shape index (κ3) is 4.16. The number of hydrogen-bond donors (Lipinski definition) is 1. The number of aromatic nitrogens is 1. The summed E-state index contributed by atoms with van der Waals surface area (Å²) in [6.45, 7) is 1.44. The third-order valence-corrected chi connectivity index (χ3v) is 3.49. The van der Waals surface area contributed by atoms with Gasteiger partial charge in [-0.2, -0.15) is 0 Å². The molecule has 5 heteroatoms. The van der Waals surface area contributed by atoms with E-state index in [1.807, 2.05) is 30.5 Å². The number of fused-ring (bicyclic) bond motifs is 1. The van der Waals surface area contributed by atoms with Crippen LogP contribution in [0.3, 0.4) is 0 Å². The van der Waals surface area contributed by atoms with Crippen LogP contribution < -0.4 is 0 Å². The van der Waals surface area contributed by atoms with Gasteiger partial charge in [0.25, 0.3) is 0 Å². The number of nitrogens with zero attached hydrogens (tertiary/aromatic N) is 1. The highest BCUT2D eigenvalue weighted by Crippen LogP contribution is 2.25. The Bertz CT molecular complexity index is 726. The first-order valence-corrected chi connectivity index (χ1v) is 7.38. The zero-order valence-corrected chi connectivity index (χ0v) is 13.5. The van der Waals surface area contributed by atoms with Crippen LogP contribution in [0.2, 0.25) is 0 Å². The first-order valence-electron chi connectivity index (χ1n) is 7.38. The van der Waals surface area contributed by atoms with E-state index in [4.69, 9.17) is 9.99 Å². The smallest absolute Gasteiger partial charge is 0.343 e. The molecule has 24 heavy (non-hydrogen) atoms. The summed E-state index contributed by atoms with van der Waals surface area (Å²) >= 11 is 0. The third-order valence-electron chi connectivity index (χ3n) is 3.49. The van der Waals surface area contributed by atoms with Crippen molar-refractivity contribution in [2.75, 3.05) is 7.11 Å². The van der Waals surface area contributed by atoms with Gasteiger partial charge in [-0.1, -0.05) is 54.6 Å². The van der Waals surface area contributed by atoms with Gasteiger partial charge in [0.05, 0.1) is 12.6 Å². The maximum absolute atomic E-state index is 11.0. The van der Waals surface area contributed by atoms with Crippen molar-refractivity contribution in [3.63, 3.8) is 0 Å². The number of carbonyl (C=O) groups is 1. The van der Waals surface area contributed by atoms with Gasteiger partial charge in [-0.3, -0.25) is 4.98 Å². The first kappa shape index (κ1) is 17.6. The molecule has 0 amide bonds. The summed E-state index contributed by atoms with van der Waals surface area (Å²) in [6.07, 6.45) is 1.81. The van der Waals surface area contributed by atoms with Gasteiger partial charge in [-0.05, 0) is 24.6 Å². The standard InChI is InChI=1S/C10H12O4.C9H7N/c1-10(9(11)12,14-13-2)8-6-4-3-5-7-8;1-2-6-9-8(4-1)5-3-7-10-9/h3-7H,1-2H3,(H,11,12);1-7H. The number of aliphatic carboxylic acids is 1. The van der Waals surface area contributed by atoms with Crippen molar-refractivity contribution in [1.82, 2.24) is 4.98 Å². The van der Waals surface area contributed by atoms with Crippen LogP contribution in [-0.4, -0.2) is 23.2 Å². The Balaban J connectivity index is 0.000000182. The van der Waals surface area contributed by atoms with E-state index in [2.05, 4.69) is 22.0 Å². The summed E-state index contributed by atoms with van der Waals surface area (Å²) in [6, 6.07) is 20.7. The van der Waals surface area contributed by atoms with E-state index in [0.29, 0.717) is 5.56 Å². The molecule has 0 saturated carbocycles. The van der Waals surface area contributed by atoms with Crippen LogP contribution in [0.5, 0.6) is 0 Å². The molecule has 124 valence electrons. The summed E-state index contributed by atoms with van der Waals surface area (Å²) in [5.41, 5.74) is 0.134. The van der Waals surface area contributed by atoms with Crippen molar-refractivity contribution in [3.8, 4) is 0 Å². The maximum Gasteiger partial charge on any atom is 0.343 e. The average molecular weight is 325 g/mol. The number of rotatable bonds is 4. The summed E-state index contributed by atoms with van der Waals surface area (Å²) in [5.74, 6) is -1.09. The minimum absolute atomic E-state index is 0.536. The van der Waals surface area contributed by atoms with Gasteiger partial charge in [0.15, 0.2) is 0 Å². The Hall–Kier alpha value is -2.76. The highest BCUT2D eigenvalue weighted by molar-refractivity contribution is 5.79. The Morgan fingerprint density at radius 2 is 1.62 bits per heavy atom. The largest absolute Gasteiger partial charge is 0.479 e. The molecule has 1 heterocycles. The second-order valence-corrected chi connectivity index (χ2v) is 5.15. The lowest BCUT2D eigenvalue weighted by molar-refractivity contribution is -0.338. The van der Waals surface area contributed by atoms with Gasteiger partial charge in [0.2, 0.25) is 5.60 Å². The molecule has 0 aliphatic carbocycles. The average Bonchev–Trinajstić information content (AvgIpc) is 2.63. The molecule has 0 bridgehead atoms. The van der Waals surface area contributed by atoms with Crippen LogP contribution in [0, 0.1) is 0 Å². The number of carboxylic acids is 1. The number of hydrogen-bond acceptors (Lipinski definition) is 4.